The SMILES string of the molecule is [2H]c1c([2H])c([2H])c(-c2ccc(N(c3ccc(-c4ccccc4)cc3)c3ccc(-c4ccc(N(c5ccccc5)c5ccc(-c6ccccc6)cc5)cc4)cc3)cc2)c([2H])c1[2H]. The van der Waals surface area contributed by atoms with Crippen molar-refractivity contribution in [3.63, 3.8) is 0 Å². The van der Waals surface area contributed by atoms with Gasteiger partial charge in [-0.3, -0.25) is 0 Å². The van der Waals surface area contributed by atoms with E-state index in [1.165, 1.54) is 11.1 Å². The van der Waals surface area contributed by atoms with Crippen molar-refractivity contribution in [3.8, 4) is 44.5 Å². The molecule has 0 aliphatic heterocycles. The summed E-state index contributed by atoms with van der Waals surface area (Å²) in [4.78, 5) is 4.43. The third-order valence-corrected chi connectivity index (χ3v) is 9.98. The molecule has 0 saturated carbocycles. The summed E-state index contributed by atoms with van der Waals surface area (Å²) in [7, 11) is 0. The van der Waals surface area contributed by atoms with Crippen molar-refractivity contribution in [3.05, 3.63) is 243 Å². The summed E-state index contributed by atoms with van der Waals surface area (Å²) >= 11 is 0. The highest BCUT2D eigenvalue weighted by molar-refractivity contribution is 5.83. The van der Waals surface area contributed by atoms with E-state index >= 15 is 0 Å². The summed E-state index contributed by atoms with van der Waals surface area (Å²) in [5.74, 6) is 0. The molecule has 0 atom stereocenters. The molecule has 0 aliphatic carbocycles. The van der Waals surface area contributed by atoms with E-state index < -0.39 is 6.04 Å². The minimum Gasteiger partial charge on any atom is -0.311 e. The average molecular weight is 722 g/mol. The van der Waals surface area contributed by atoms with Crippen LogP contribution in [0.4, 0.5) is 34.1 Å². The van der Waals surface area contributed by atoms with Crippen molar-refractivity contribution in [2.75, 3.05) is 9.80 Å². The largest absolute Gasteiger partial charge is 0.311 e. The van der Waals surface area contributed by atoms with Gasteiger partial charge in [0.25, 0.3) is 0 Å². The molecule has 0 heterocycles. The number of anilines is 6. The molecule has 9 rings (SSSR count). The molecular formula is C54H40N2. The Morgan fingerprint density at radius 3 is 0.750 bits per heavy atom. The van der Waals surface area contributed by atoms with Crippen LogP contribution < -0.4 is 9.80 Å². The molecule has 0 amide bonds. The van der Waals surface area contributed by atoms with Gasteiger partial charge in [-0.25, -0.2) is 0 Å². The lowest BCUT2D eigenvalue weighted by Crippen LogP contribution is -2.10. The van der Waals surface area contributed by atoms with Crippen molar-refractivity contribution in [1.82, 2.24) is 0 Å². The van der Waals surface area contributed by atoms with Crippen LogP contribution >= 0.6 is 0 Å². The van der Waals surface area contributed by atoms with E-state index in [1.807, 2.05) is 54.6 Å². The monoisotopic (exact) mass is 721 g/mol. The van der Waals surface area contributed by atoms with E-state index in [-0.39, 0.29) is 29.7 Å². The molecule has 0 unspecified atom stereocenters. The number of rotatable bonds is 10. The quantitative estimate of drug-likeness (QED) is 0.139. The van der Waals surface area contributed by atoms with E-state index in [4.69, 9.17) is 6.85 Å². The molecule has 0 saturated heterocycles. The van der Waals surface area contributed by atoms with Gasteiger partial charge < -0.3 is 9.80 Å². The lowest BCUT2D eigenvalue weighted by molar-refractivity contribution is 1.28. The van der Waals surface area contributed by atoms with Crippen molar-refractivity contribution in [1.29, 1.82) is 0 Å². The molecule has 266 valence electrons. The van der Waals surface area contributed by atoms with Gasteiger partial charge in [-0.2, -0.15) is 0 Å². The Bertz CT molecular complexity index is 2880. The number of para-hydroxylation sites is 1. The van der Waals surface area contributed by atoms with Crippen LogP contribution in [0.5, 0.6) is 0 Å². The second kappa shape index (κ2) is 15.9. The van der Waals surface area contributed by atoms with Gasteiger partial charge in [0, 0.05) is 34.1 Å². The Morgan fingerprint density at radius 1 is 0.214 bits per heavy atom. The maximum absolute atomic E-state index is 8.52. The van der Waals surface area contributed by atoms with E-state index in [1.54, 1.807) is 0 Å². The van der Waals surface area contributed by atoms with Crippen molar-refractivity contribution < 1.29 is 6.85 Å². The minimum absolute atomic E-state index is 0.180. The van der Waals surface area contributed by atoms with E-state index in [2.05, 4.69) is 168 Å². The molecule has 2 nitrogen and oxygen atoms in total. The minimum atomic E-state index is -0.404. The summed E-state index contributed by atoms with van der Waals surface area (Å²) in [6.07, 6.45) is 0. The number of benzene rings is 9. The molecule has 0 bridgehead atoms. The van der Waals surface area contributed by atoms with Crippen molar-refractivity contribution >= 4 is 34.1 Å². The van der Waals surface area contributed by atoms with Gasteiger partial charge in [-0.15, -0.1) is 0 Å². The summed E-state index contributed by atoms with van der Waals surface area (Å²) < 4.78 is 41.5. The molecule has 56 heavy (non-hydrogen) atoms. The van der Waals surface area contributed by atoms with Crippen LogP contribution in [0.2, 0.25) is 0 Å². The second-order valence-electron chi connectivity index (χ2n) is 13.5. The molecule has 9 aromatic rings. The first-order valence-corrected chi connectivity index (χ1v) is 18.7. The first kappa shape index (κ1) is 29.0. The summed E-state index contributed by atoms with van der Waals surface area (Å²) in [5, 5.41) is 0. The molecule has 2 heteroatoms. The van der Waals surface area contributed by atoms with Gasteiger partial charge in [0.2, 0.25) is 0 Å². The molecule has 9 aromatic carbocycles. The zero-order valence-electron chi connectivity index (χ0n) is 35.6. The Morgan fingerprint density at radius 2 is 0.446 bits per heavy atom. The second-order valence-corrected chi connectivity index (χ2v) is 13.5. The van der Waals surface area contributed by atoms with Crippen LogP contribution in [0.3, 0.4) is 0 Å². The summed E-state index contributed by atoms with van der Waals surface area (Å²) in [5.41, 5.74) is 13.4. The van der Waals surface area contributed by atoms with Crippen LogP contribution in [0.15, 0.2) is 243 Å². The third-order valence-electron chi connectivity index (χ3n) is 9.98. The Hall–Kier alpha value is -7.42. The maximum atomic E-state index is 8.52. The maximum Gasteiger partial charge on any atom is 0.0629 e. The lowest BCUT2D eigenvalue weighted by atomic mass is 10.0. The molecular weight excluding hydrogens is 677 g/mol. The summed E-state index contributed by atoms with van der Waals surface area (Å²) in [6, 6.07) is 71.3. The normalized spacial score (nSPS) is 12.1. The van der Waals surface area contributed by atoms with Crippen LogP contribution in [-0.2, 0) is 0 Å². The number of nitrogens with zero attached hydrogens (tertiary/aromatic N) is 2. The fourth-order valence-electron chi connectivity index (χ4n) is 7.12. The van der Waals surface area contributed by atoms with Crippen molar-refractivity contribution in [2.24, 2.45) is 0 Å². The standard InChI is InChI=1S/C54H40N2/c1-5-13-41(14-6-1)44-21-31-50(32-22-44)55(49-19-11-4-12-20-49)51-37-27-47(28-38-51)48-29-39-54(40-30-48)56(52-33-23-45(24-34-52)42-15-7-2-8-16-42)53-35-25-46(26-36-53)43-17-9-3-10-18-43/h1-40H/i2D,7D,8D,15D,16D. The van der Waals surface area contributed by atoms with E-state index in [0.717, 1.165) is 56.4 Å². The zero-order chi connectivity index (χ0) is 41.9. The fraction of sp³-hybridized carbons (Fsp3) is 0. The Labute approximate surface area is 336 Å². The lowest BCUT2D eigenvalue weighted by Gasteiger charge is -2.26. The van der Waals surface area contributed by atoms with Gasteiger partial charge in [0.1, 0.15) is 0 Å². The topological polar surface area (TPSA) is 6.48 Å². The first-order chi connectivity index (χ1) is 29.8. The van der Waals surface area contributed by atoms with Gasteiger partial charge in [0.15, 0.2) is 0 Å². The highest BCUT2D eigenvalue weighted by Crippen LogP contribution is 2.39. The van der Waals surface area contributed by atoms with Crippen LogP contribution in [-0.4, -0.2) is 0 Å². The molecule has 0 aromatic heterocycles. The smallest absolute Gasteiger partial charge is 0.0629 e. The van der Waals surface area contributed by atoms with Gasteiger partial charge >= 0.3 is 0 Å². The molecule has 0 N–H and O–H groups in total. The van der Waals surface area contributed by atoms with Crippen molar-refractivity contribution in [2.45, 2.75) is 0 Å². The predicted octanol–water partition coefficient (Wildman–Crippen LogP) is 15.3. The highest BCUT2D eigenvalue weighted by Gasteiger charge is 2.16. The molecule has 0 radical (unpaired) electrons. The molecule has 0 spiro atoms. The van der Waals surface area contributed by atoms with E-state index in [0.29, 0.717) is 5.56 Å². The fourth-order valence-corrected chi connectivity index (χ4v) is 7.12. The first-order valence-electron chi connectivity index (χ1n) is 21.2. The zero-order valence-corrected chi connectivity index (χ0v) is 30.6. The van der Waals surface area contributed by atoms with Crippen LogP contribution in [0, 0.1) is 0 Å². The van der Waals surface area contributed by atoms with Crippen LogP contribution in [0.1, 0.15) is 6.85 Å². The predicted molar refractivity (Wildman–Crippen MR) is 238 cm³/mol. The highest BCUT2D eigenvalue weighted by atomic mass is 15.1. The molecule has 0 fully saturated rings. The van der Waals surface area contributed by atoms with Gasteiger partial charge in [0.05, 0.1) is 6.85 Å². The van der Waals surface area contributed by atoms with Gasteiger partial charge in [-0.1, -0.05) is 170 Å². The van der Waals surface area contributed by atoms with Crippen LogP contribution in [0.25, 0.3) is 44.5 Å². The average Bonchev–Trinajstić information content (AvgIpc) is 3.33. The summed E-state index contributed by atoms with van der Waals surface area (Å²) in [6.45, 7) is 0. The number of hydrogen-bond acceptors (Lipinski definition) is 2. The third kappa shape index (κ3) is 7.37. The van der Waals surface area contributed by atoms with Gasteiger partial charge in [-0.05, 0) is 117 Å². The Balaban J connectivity index is 1.03. The Kier molecular flexibility index (Phi) is 8.23. The van der Waals surface area contributed by atoms with E-state index in [9.17, 15) is 0 Å². The molecule has 0 aliphatic rings. The number of hydrogen-bond donors (Lipinski definition) is 0.